The van der Waals surface area contributed by atoms with Gasteiger partial charge in [0.25, 0.3) is 11.1 Å². The Morgan fingerprint density at radius 2 is 1.36 bits per heavy atom. The maximum atomic E-state index is 11.3. The summed E-state index contributed by atoms with van der Waals surface area (Å²) < 4.78 is 0. The molecule has 0 fully saturated rings. The second kappa shape index (κ2) is 6.27. The third-order valence-electron chi connectivity index (χ3n) is 2.92. The van der Waals surface area contributed by atoms with Crippen molar-refractivity contribution in [1.82, 2.24) is 39.9 Å². The van der Waals surface area contributed by atoms with Gasteiger partial charge in [-0.15, -0.1) is 0 Å². The summed E-state index contributed by atoms with van der Waals surface area (Å²) in [6.45, 7) is 1.75. The Morgan fingerprint density at radius 3 is 2.04 bits per heavy atom. The second-order valence-electron chi connectivity index (χ2n) is 4.81. The zero-order valence-electron chi connectivity index (χ0n) is 12.9. The van der Waals surface area contributed by atoms with E-state index in [1.807, 2.05) is 0 Å². The van der Waals surface area contributed by atoms with Crippen molar-refractivity contribution >= 4 is 34.2 Å². The Kier molecular flexibility index (Phi) is 3.99. The van der Waals surface area contributed by atoms with Gasteiger partial charge < -0.3 is 11.5 Å². The van der Waals surface area contributed by atoms with E-state index in [0.29, 0.717) is 5.69 Å². The molecule has 0 unspecified atom stereocenters. The van der Waals surface area contributed by atoms with Crippen molar-refractivity contribution in [2.24, 2.45) is 0 Å². The highest BCUT2D eigenvalue weighted by molar-refractivity contribution is 5.69. The molecule has 0 spiro atoms. The number of nitrogens with one attached hydrogen (secondary N) is 2. The predicted octanol–water partition coefficient (Wildman–Crippen LogP) is -1.10. The quantitative estimate of drug-likeness (QED) is 0.305. The summed E-state index contributed by atoms with van der Waals surface area (Å²) in [5, 5.41) is 0. The van der Waals surface area contributed by atoms with Gasteiger partial charge in [-0.2, -0.15) is 9.97 Å². The van der Waals surface area contributed by atoms with Crippen LogP contribution in [0.25, 0.3) is 22.3 Å². The Bertz CT molecular complexity index is 1180. The van der Waals surface area contributed by atoms with Crippen LogP contribution >= 0.6 is 0 Å². The molecule has 12 heteroatoms. The van der Waals surface area contributed by atoms with Gasteiger partial charge >= 0.3 is 0 Å². The largest absolute Gasteiger partial charge is 0.369 e. The molecule has 0 radical (unpaired) electrons. The topological polar surface area (TPSA) is 195 Å². The molecular weight excluding hydrogens is 328 g/mol. The van der Waals surface area contributed by atoms with Gasteiger partial charge in [-0.25, -0.2) is 19.9 Å². The summed E-state index contributed by atoms with van der Waals surface area (Å²) in [5.41, 5.74) is 11.5. The maximum absolute atomic E-state index is 11.3. The van der Waals surface area contributed by atoms with Gasteiger partial charge in [-0.1, -0.05) is 0 Å². The highest BCUT2D eigenvalue weighted by atomic mass is 16.1. The number of aryl methyl sites for hydroxylation is 1. The van der Waals surface area contributed by atoms with E-state index in [2.05, 4.69) is 39.9 Å². The Labute approximate surface area is 138 Å². The molecule has 0 amide bonds. The minimum absolute atomic E-state index is 0.0491. The number of aromatic nitrogens is 8. The van der Waals surface area contributed by atoms with Crippen LogP contribution in [0.4, 0.5) is 11.9 Å². The number of fused-ring (bicyclic) bond motifs is 2. The van der Waals surface area contributed by atoms with Crippen molar-refractivity contribution in [2.45, 2.75) is 6.92 Å². The van der Waals surface area contributed by atoms with Crippen LogP contribution in [0.2, 0.25) is 0 Å². The average Bonchev–Trinajstić information content (AvgIpc) is 2.56. The molecule has 4 heterocycles. The first-order chi connectivity index (χ1) is 11.9. The van der Waals surface area contributed by atoms with Gasteiger partial charge in [0.05, 0.1) is 11.9 Å². The highest BCUT2D eigenvalue weighted by Gasteiger charge is 2.04. The number of nitrogen functional groups attached to an aromatic ring is 2. The molecule has 0 aliphatic rings. The van der Waals surface area contributed by atoms with Gasteiger partial charge in [0.2, 0.25) is 11.9 Å². The fourth-order valence-corrected chi connectivity index (χ4v) is 1.91. The first kappa shape index (κ1) is 15.9. The standard InChI is InChI=1S/C7H7N5O.C6H5N5O/c1-3-2-9-5-4(10-3)6(13)12-7(8)11-5;7-6-10-4-3(5(12)11-6)8-1-2-9-4/h2H,1H3,(H3,8,9,11,12,13);1-2H,(H3,7,9,10,11,12). The molecule has 0 aromatic carbocycles. The predicted molar refractivity (Wildman–Crippen MR) is 89.5 cm³/mol. The molecule has 4 rings (SSSR count). The Balaban J connectivity index is 0.000000146. The number of hydrogen-bond donors (Lipinski definition) is 4. The van der Waals surface area contributed by atoms with Crippen LogP contribution in [0.1, 0.15) is 5.69 Å². The number of H-pyrrole nitrogens is 2. The first-order valence-electron chi connectivity index (χ1n) is 6.89. The monoisotopic (exact) mass is 340 g/mol. The lowest BCUT2D eigenvalue weighted by molar-refractivity contribution is 1.09. The van der Waals surface area contributed by atoms with E-state index in [1.165, 1.54) is 18.6 Å². The van der Waals surface area contributed by atoms with Crippen LogP contribution in [0.15, 0.2) is 28.2 Å². The Morgan fingerprint density at radius 1 is 0.800 bits per heavy atom. The molecule has 0 atom stereocenters. The molecule has 4 aromatic rings. The summed E-state index contributed by atoms with van der Waals surface area (Å²) in [6, 6.07) is 0. The molecule has 12 nitrogen and oxygen atoms in total. The summed E-state index contributed by atoms with van der Waals surface area (Å²) in [6.07, 6.45) is 4.41. The highest BCUT2D eigenvalue weighted by Crippen LogP contribution is 2.01. The van der Waals surface area contributed by atoms with E-state index in [4.69, 9.17) is 11.5 Å². The van der Waals surface area contributed by atoms with Crippen LogP contribution in [-0.4, -0.2) is 39.9 Å². The van der Waals surface area contributed by atoms with E-state index < -0.39 is 0 Å². The number of rotatable bonds is 0. The van der Waals surface area contributed by atoms with Crippen LogP contribution < -0.4 is 22.6 Å². The number of hydrogen-bond acceptors (Lipinski definition) is 10. The molecule has 0 aliphatic heterocycles. The van der Waals surface area contributed by atoms with E-state index in [9.17, 15) is 9.59 Å². The van der Waals surface area contributed by atoms with Crippen LogP contribution in [-0.2, 0) is 0 Å². The maximum Gasteiger partial charge on any atom is 0.280 e. The zero-order chi connectivity index (χ0) is 18.0. The van der Waals surface area contributed by atoms with Gasteiger partial charge in [-0.3, -0.25) is 19.6 Å². The first-order valence-corrected chi connectivity index (χ1v) is 6.89. The van der Waals surface area contributed by atoms with Gasteiger partial charge in [0.15, 0.2) is 22.3 Å². The van der Waals surface area contributed by atoms with E-state index in [0.717, 1.165) is 0 Å². The smallest absolute Gasteiger partial charge is 0.280 e. The Hall–Kier alpha value is -3.96. The van der Waals surface area contributed by atoms with Crippen molar-refractivity contribution in [3.05, 3.63) is 45.0 Å². The lowest BCUT2D eigenvalue weighted by atomic mass is 10.4. The number of aromatic amines is 2. The van der Waals surface area contributed by atoms with Gasteiger partial charge in [-0.05, 0) is 6.92 Å². The molecule has 4 aromatic heterocycles. The van der Waals surface area contributed by atoms with Crippen LogP contribution in [0.3, 0.4) is 0 Å². The van der Waals surface area contributed by atoms with Crippen molar-refractivity contribution in [3.8, 4) is 0 Å². The molecule has 0 aliphatic carbocycles. The normalized spacial score (nSPS) is 10.4. The SMILES string of the molecule is Cc1cnc2nc(N)[nH]c(=O)c2n1.Nc1nc2nccnc2c(=O)[nH]1. The number of anilines is 2. The molecule has 126 valence electrons. The number of nitrogens with zero attached hydrogens (tertiary/aromatic N) is 6. The van der Waals surface area contributed by atoms with Crippen molar-refractivity contribution < 1.29 is 0 Å². The number of nitrogens with two attached hydrogens (primary N) is 2. The minimum Gasteiger partial charge on any atom is -0.369 e. The van der Waals surface area contributed by atoms with Crippen LogP contribution in [0.5, 0.6) is 0 Å². The molecule has 25 heavy (non-hydrogen) atoms. The van der Waals surface area contributed by atoms with Crippen molar-refractivity contribution in [1.29, 1.82) is 0 Å². The molecule has 0 saturated carbocycles. The molecular formula is C13H12N10O2. The summed E-state index contributed by atoms with van der Waals surface area (Å²) in [4.78, 5) is 50.2. The lowest BCUT2D eigenvalue weighted by Crippen LogP contribution is -2.13. The molecule has 6 N–H and O–H groups in total. The van der Waals surface area contributed by atoms with E-state index in [1.54, 1.807) is 6.92 Å². The second-order valence-corrected chi connectivity index (χ2v) is 4.81. The zero-order valence-corrected chi connectivity index (χ0v) is 12.9. The van der Waals surface area contributed by atoms with Crippen molar-refractivity contribution in [3.63, 3.8) is 0 Å². The third-order valence-corrected chi connectivity index (χ3v) is 2.92. The third kappa shape index (κ3) is 3.36. The van der Waals surface area contributed by atoms with Crippen molar-refractivity contribution in [2.75, 3.05) is 11.5 Å². The average molecular weight is 340 g/mol. The van der Waals surface area contributed by atoms with E-state index in [-0.39, 0.29) is 45.3 Å². The summed E-state index contributed by atoms with van der Waals surface area (Å²) in [7, 11) is 0. The lowest BCUT2D eigenvalue weighted by Gasteiger charge is -1.96. The fourth-order valence-electron chi connectivity index (χ4n) is 1.91. The minimum atomic E-state index is -0.370. The summed E-state index contributed by atoms with van der Waals surface area (Å²) >= 11 is 0. The molecule has 0 saturated heterocycles. The fraction of sp³-hybridized carbons (Fsp3) is 0.0769. The van der Waals surface area contributed by atoms with E-state index >= 15 is 0 Å². The van der Waals surface area contributed by atoms with Crippen LogP contribution in [0, 0.1) is 6.92 Å². The van der Waals surface area contributed by atoms with Gasteiger partial charge in [0.1, 0.15) is 0 Å². The summed E-state index contributed by atoms with van der Waals surface area (Å²) in [5.74, 6) is 0.101. The van der Waals surface area contributed by atoms with Gasteiger partial charge in [0, 0.05) is 12.4 Å². The molecule has 0 bridgehead atoms.